The molecule has 0 aromatic heterocycles. The predicted molar refractivity (Wildman–Crippen MR) is 229 cm³/mol. The van der Waals surface area contributed by atoms with E-state index in [9.17, 15) is 24.3 Å². The van der Waals surface area contributed by atoms with E-state index in [1.807, 2.05) is 54.1 Å². The number of ketones is 1. The Morgan fingerprint density at radius 2 is 1.49 bits per heavy atom. The van der Waals surface area contributed by atoms with E-state index in [4.69, 9.17) is 9.47 Å². The number of nitrogens with one attached hydrogen (secondary N) is 1. The normalized spacial score (nSPS) is 21.1. The van der Waals surface area contributed by atoms with E-state index in [0.717, 1.165) is 31.2 Å². The van der Waals surface area contributed by atoms with Gasteiger partial charge in [-0.15, -0.1) is 0 Å². The first-order chi connectivity index (χ1) is 26.8. The van der Waals surface area contributed by atoms with Crippen LogP contribution in [-0.2, 0) is 28.7 Å². The summed E-state index contributed by atoms with van der Waals surface area (Å²) in [6.45, 7) is 25.1. The Labute approximate surface area is 346 Å². The van der Waals surface area contributed by atoms with Crippen LogP contribution in [0.2, 0.25) is 0 Å². The third-order valence-electron chi connectivity index (χ3n) is 13.6. The van der Waals surface area contributed by atoms with E-state index in [1.165, 1.54) is 0 Å². The van der Waals surface area contributed by atoms with Gasteiger partial charge in [-0.1, -0.05) is 119 Å². The van der Waals surface area contributed by atoms with Crippen LogP contribution in [0.5, 0.6) is 0 Å². The molecule has 1 aromatic carbocycles. The Balaban J connectivity index is 2.30. The maximum atomic E-state index is 14.7. The zero-order chi connectivity index (χ0) is 43.3. The predicted octanol–water partition coefficient (Wildman–Crippen LogP) is 7.97. The number of methoxy groups -OCH3 is 2. The van der Waals surface area contributed by atoms with Crippen molar-refractivity contribution in [2.24, 2.45) is 53.3 Å². The fourth-order valence-electron chi connectivity index (χ4n) is 9.26. The van der Waals surface area contributed by atoms with Gasteiger partial charge in [0.2, 0.25) is 17.7 Å². The number of likely N-dealkylation sites (tertiary alicyclic amines) is 1. The van der Waals surface area contributed by atoms with Gasteiger partial charge >= 0.3 is 0 Å². The van der Waals surface area contributed by atoms with Crippen molar-refractivity contribution in [3.05, 3.63) is 35.9 Å². The van der Waals surface area contributed by atoms with Crippen LogP contribution in [-0.4, -0.2) is 96.6 Å². The maximum absolute atomic E-state index is 14.7. The molecule has 0 saturated carbocycles. The first-order valence-electron chi connectivity index (χ1n) is 22.0. The lowest BCUT2D eigenvalue weighted by Gasteiger charge is -2.42. The molecule has 1 aliphatic rings. The number of rotatable bonds is 24. The van der Waals surface area contributed by atoms with E-state index >= 15 is 0 Å². The lowest BCUT2D eigenvalue weighted by Crippen LogP contribution is -2.55. The van der Waals surface area contributed by atoms with Crippen LogP contribution >= 0.6 is 0 Å². The molecule has 1 fully saturated rings. The van der Waals surface area contributed by atoms with Crippen LogP contribution in [0.15, 0.2) is 30.3 Å². The Kier molecular flexibility index (Phi) is 20.9. The van der Waals surface area contributed by atoms with Gasteiger partial charge < -0.3 is 29.7 Å². The number of hydrogen-bond acceptors (Lipinski definition) is 7. The molecule has 10 heteroatoms. The summed E-state index contributed by atoms with van der Waals surface area (Å²) in [5.74, 6) is -0.913. The quantitative estimate of drug-likeness (QED) is 0.109. The van der Waals surface area contributed by atoms with Crippen LogP contribution in [0, 0.1) is 53.3 Å². The van der Waals surface area contributed by atoms with Gasteiger partial charge in [-0.25, -0.2) is 0 Å². The van der Waals surface area contributed by atoms with Gasteiger partial charge in [-0.2, -0.15) is 0 Å². The average Bonchev–Trinajstić information content (AvgIpc) is 3.68. The van der Waals surface area contributed by atoms with E-state index < -0.39 is 30.3 Å². The minimum atomic E-state index is -0.871. The van der Waals surface area contributed by atoms with Crippen molar-refractivity contribution in [3.8, 4) is 0 Å². The third-order valence-corrected chi connectivity index (χ3v) is 13.6. The number of likely N-dealkylation sites (N-methyl/N-ethyl adjacent to an activating group) is 1. The van der Waals surface area contributed by atoms with Gasteiger partial charge in [0.25, 0.3) is 0 Å². The van der Waals surface area contributed by atoms with Crippen LogP contribution < -0.4 is 5.32 Å². The molecule has 1 aliphatic heterocycles. The summed E-state index contributed by atoms with van der Waals surface area (Å²) in [5.41, 5.74) is 0.718. The molecule has 13 atom stereocenters. The number of benzene rings is 1. The zero-order valence-electron chi connectivity index (χ0n) is 38.3. The van der Waals surface area contributed by atoms with Gasteiger partial charge in [-0.05, 0) is 61.3 Å². The molecule has 2 rings (SSSR count). The first-order valence-corrected chi connectivity index (χ1v) is 22.0. The Bertz CT molecular complexity index is 1390. The number of amides is 3. The first kappa shape index (κ1) is 50.3. The number of aliphatic hydroxyl groups is 1. The number of aliphatic hydroxyl groups excluding tert-OH is 1. The highest BCUT2D eigenvalue weighted by Gasteiger charge is 2.44. The van der Waals surface area contributed by atoms with Crippen LogP contribution in [0.1, 0.15) is 133 Å². The molecule has 1 heterocycles. The fraction of sp³-hybridized carbons (Fsp3) is 0.787. The van der Waals surface area contributed by atoms with Crippen LogP contribution in [0.25, 0.3) is 0 Å². The van der Waals surface area contributed by atoms with Gasteiger partial charge in [0.1, 0.15) is 5.78 Å². The average molecular weight is 800 g/mol. The smallest absolute Gasteiger partial charge is 0.226 e. The topological polar surface area (TPSA) is 125 Å². The number of nitrogens with zero attached hydrogens (tertiary/aromatic N) is 2. The summed E-state index contributed by atoms with van der Waals surface area (Å²) in [6.07, 6.45) is 2.19. The lowest BCUT2D eigenvalue weighted by atomic mass is 9.70. The Morgan fingerprint density at radius 3 is 2.00 bits per heavy atom. The zero-order valence-corrected chi connectivity index (χ0v) is 38.3. The number of hydrogen-bond donors (Lipinski definition) is 2. The monoisotopic (exact) mass is 800 g/mol. The van der Waals surface area contributed by atoms with Crippen molar-refractivity contribution >= 4 is 23.5 Å². The molecule has 1 saturated heterocycles. The van der Waals surface area contributed by atoms with Gasteiger partial charge in [0, 0.05) is 45.6 Å². The van der Waals surface area contributed by atoms with E-state index in [2.05, 4.69) is 67.6 Å². The highest BCUT2D eigenvalue weighted by Crippen LogP contribution is 2.36. The van der Waals surface area contributed by atoms with Crippen LogP contribution in [0.4, 0.5) is 0 Å². The molecule has 0 aliphatic carbocycles. The number of Topliss-reactive ketones (excluding diaryl/α,β-unsaturated/α-hetero) is 1. The summed E-state index contributed by atoms with van der Waals surface area (Å²) in [4.78, 5) is 60.3. The number of carbonyl (C=O) groups excluding carboxylic acids is 4. The largest absolute Gasteiger partial charge is 0.386 e. The van der Waals surface area contributed by atoms with E-state index in [0.29, 0.717) is 18.9 Å². The molecule has 0 bridgehead atoms. The van der Waals surface area contributed by atoms with Crippen molar-refractivity contribution < 1.29 is 33.8 Å². The highest BCUT2D eigenvalue weighted by atomic mass is 16.5. The lowest BCUT2D eigenvalue weighted by molar-refractivity contribution is -0.150. The SMILES string of the molecule is CCC(C)CC(C(=O)C(C)C(C)C(C(=O)N(C)C(C(C)CC)C(CC(=O)N1CCCC1C(OC)C(C)C(=O)NC(C)C(O)c1ccccc1)OC)C(C)C)C(C)C. The summed E-state index contributed by atoms with van der Waals surface area (Å²) >= 11 is 0. The van der Waals surface area contributed by atoms with Crippen LogP contribution in [0.3, 0.4) is 0 Å². The summed E-state index contributed by atoms with van der Waals surface area (Å²) in [7, 11) is 5.01. The fourth-order valence-corrected chi connectivity index (χ4v) is 9.26. The number of carbonyl (C=O) groups is 4. The van der Waals surface area contributed by atoms with Gasteiger partial charge in [-0.3, -0.25) is 19.2 Å². The molecule has 1 aromatic rings. The summed E-state index contributed by atoms with van der Waals surface area (Å²) in [5, 5.41) is 13.8. The molecule has 2 N–H and O–H groups in total. The molecule has 3 amide bonds. The summed E-state index contributed by atoms with van der Waals surface area (Å²) < 4.78 is 12.1. The third kappa shape index (κ3) is 13.1. The second kappa shape index (κ2) is 23.7. The molecule has 10 nitrogen and oxygen atoms in total. The molecule has 326 valence electrons. The molecule has 0 radical (unpaired) electrons. The molecule has 0 spiro atoms. The van der Waals surface area contributed by atoms with Crippen molar-refractivity contribution in [3.63, 3.8) is 0 Å². The Hall–Kier alpha value is -2.82. The molecule has 13 unspecified atom stereocenters. The molecular weight excluding hydrogens is 719 g/mol. The second-order valence-electron chi connectivity index (χ2n) is 18.2. The van der Waals surface area contributed by atoms with E-state index in [-0.39, 0.29) is 83.4 Å². The summed E-state index contributed by atoms with van der Waals surface area (Å²) in [6, 6.07) is 7.99. The van der Waals surface area contributed by atoms with Gasteiger partial charge in [0.05, 0.1) is 48.8 Å². The second-order valence-corrected chi connectivity index (χ2v) is 18.2. The Morgan fingerprint density at radius 1 is 0.877 bits per heavy atom. The minimum Gasteiger partial charge on any atom is -0.386 e. The highest BCUT2D eigenvalue weighted by molar-refractivity contribution is 5.86. The number of ether oxygens (including phenoxy) is 2. The van der Waals surface area contributed by atoms with Crippen molar-refractivity contribution in [2.75, 3.05) is 27.8 Å². The molecule has 57 heavy (non-hydrogen) atoms. The van der Waals surface area contributed by atoms with Gasteiger partial charge in [0.15, 0.2) is 0 Å². The van der Waals surface area contributed by atoms with E-state index in [1.54, 1.807) is 28.1 Å². The standard InChI is InChI=1S/C47H81N3O7/c1-16-30(7)26-37(28(3)4)43(52)33(10)32(9)41(29(5)6)47(55)49(13)42(31(8)17-2)39(56-14)27-40(51)50-25-21-24-38(50)45(57-15)34(11)46(54)48-35(12)44(53)36-22-19-18-20-23-36/h18-20,22-23,28-35,37-39,41-42,44-45,53H,16-17,21,24-27H2,1-15H3,(H,48,54). The van der Waals surface area contributed by atoms with Crippen molar-refractivity contribution in [2.45, 2.75) is 158 Å². The maximum Gasteiger partial charge on any atom is 0.226 e. The molecular formula is C47H81N3O7. The van der Waals surface area contributed by atoms with Crippen molar-refractivity contribution in [1.82, 2.24) is 15.1 Å². The van der Waals surface area contributed by atoms with Crippen molar-refractivity contribution in [1.29, 1.82) is 0 Å². The minimum absolute atomic E-state index is 0.00223.